The lowest BCUT2D eigenvalue weighted by molar-refractivity contribution is -0.119. The predicted octanol–water partition coefficient (Wildman–Crippen LogP) is 3.05. The van der Waals surface area contributed by atoms with Crippen LogP contribution in [0.15, 0.2) is 71.9 Å². The molecule has 0 aliphatic carbocycles. The van der Waals surface area contributed by atoms with Crippen LogP contribution in [0.5, 0.6) is 5.75 Å². The Labute approximate surface area is 180 Å². The molecular weight excluding hydrogens is 421 g/mol. The van der Waals surface area contributed by atoms with Crippen LogP contribution in [0, 0.1) is 12.7 Å². The van der Waals surface area contributed by atoms with Crippen molar-refractivity contribution in [3.63, 3.8) is 0 Å². The van der Waals surface area contributed by atoms with E-state index in [2.05, 4.69) is 10.3 Å². The van der Waals surface area contributed by atoms with Gasteiger partial charge in [0.15, 0.2) is 0 Å². The van der Waals surface area contributed by atoms with E-state index >= 15 is 0 Å². The molecule has 0 saturated heterocycles. The Hall–Kier alpha value is -3.46. The first kappa shape index (κ1) is 22.2. The first-order valence-corrected chi connectivity index (χ1v) is 10.8. The number of amides is 1. The zero-order valence-corrected chi connectivity index (χ0v) is 17.9. The molecule has 0 fully saturated rings. The van der Waals surface area contributed by atoms with Crippen molar-refractivity contribution in [1.29, 1.82) is 0 Å². The number of carbonyl (C=O) groups excluding carboxylic acids is 1. The number of benzene rings is 2. The molecule has 31 heavy (non-hydrogen) atoms. The third-order valence-corrected chi connectivity index (χ3v) is 6.30. The molecule has 0 atom stereocenters. The van der Waals surface area contributed by atoms with E-state index < -0.39 is 28.3 Å². The molecule has 3 aromatic rings. The molecule has 7 nitrogen and oxygen atoms in total. The summed E-state index contributed by atoms with van der Waals surface area (Å²) >= 11 is 0. The molecule has 1 N–H and O–H groups in total. The minimum absolute atomic E-state index is 0.0839. The Bertz CT molecular complexity index is 1150. The normalized spacial score (nSPS) is 11.1. The van der Waals surface area contributed by atoms with Crippen LogP contribution in [-0.4, -0.2) is 33.0 Å². The minimum atomic E-state index is -4.20. The van der Waals surface area contributed by atoms with Crippen LogP contribution < -0.4 is 14.4 Å². The second-order valence-electron chi connectivity index (χ2n) is 6.78. The van der Waals surface area contributed by atoms with Gasteiger partial charge in [-0.05, 0) is 60.5 Å². The van der Waals surface area contributed by atoms with Crippen molar-refractivity contribution in [3.8, 4) is 5.75 Å². The molecule has 0 bridgehead atoms. The lowest BCUT2D eigenvalue weighted by atomic mass is 10.2. The van der Waals surface area contributed by atoms with E-state index in [1.54, 1.807) is 43.6 Å². The highest BCUT2D eigenvalue weighted by atomic mass is 32.2. The van der Waals surface area contributed by atoms with Gasteiger partial charge >= 0.3 is 0 Å². The zero-order chi connectivity index (χ0) is 22.4. The molecule has 0 radical (unpaired) electrons. The van der Waals surface area contributed by atoms with E-state index in [0.717, 1.165) is 22.0 Å². The molecule has 1 heterocycles. The Kier molecular flexibility index (Phi) is 6.86. The summed E-state index contributed by atoms with van der Waals surface area (Å²) in [6, 6.07) is 13.2. The van der Waals surface area contributed by atoms with Gasteiger partial charge < -0.3 is 10.1 Å². The van der Waals surface area contributed by atoms with Gasteiger partial charge in [0.25, 0.3) is 10.0 Å². The number of aromatic nitrogens is 1. The number of hydrogen-bond donors (Lipinski definition) is 1. The Balaban J connectivity index is 1.94. The van der Waals surface area contributed by atoms with Gasteiger partial charge in [0.2, 0.25) is 5.91 Å². The number of ether oxygens (including phenoxy) is 1. The highest BCUT2D eigenvalue weighted by Crippen LogP contribution is 2.30. The molecule has 0 saturated carbocycles. The number of halogens is 1. The van der Waals surface area contributed by atoms with Gasteiger partial charge in [-0.25, -0.2) is 12.8 Å². The standard InChI is InChI=1S/C22H22FN3O4S/c1-16-5-10-20(30-2)21(12-16)31(28,29)26(19-8-6-18(23)7-9-19)15-22(27)25-14-17-4-3-11-24-13-17/h3-13H,14-15H2,1-2H3,(H,25,27). The Morgan fingerprint density at radius 3 is 2.55 bits per heavy atom. The Morgan fingerprint density at radius 1 is 1.16 bits per heavy atom. The number of anilines is 1. The summed E-state index contributed by atoms with van der Waals surface area (Å²) in [4.78, 5) is 16.5. The Morgan fingerprint density at radius 2 is 1.90 bits per heavy atom. The number of hydrogen-bond acceptors (Lipinski definition) is 5. The monoisotopic (exact) mass is 443 g/mol. The summed E-state index contributed by atoms with van der Waals surface area (Å²) in [6.07, 6.45) is 3.22. The maximum Gasteiger partial charge on any atom is 0.268 e. The van der Waals surface area contributed by atoms with Crippen molar-refractivity contribution < 1.29 is 22.3 Å². The second kappa shape index (κ2) is 9.57. The lowest BCUT2D eigenvalue weighted by Crippen LogP contribution is -2.40. The van der Waals surface area contributed by atoms with Crippen LogP contribution in [-0.2, 0) is 21.4 Å². The molecule has 3 rings (SSSR count). The topological polar surface area (TPSA) is 88.6 Å². The lowest BCUT2D eigenvalue weighted by Gasteiger charge is -2.25. The van der Waals surface area contributed by atoms with Crippen LogP contribution in [0.3, 0.4) is 0 Å². The summed E-state index contributed by atoms with van der Waals surface area (Å²) in [5.74, 6) is -0.896. The average Bonchev–Trinajstić information content (AvgIpc) is 2.77. The van der Waals surface area contributed by atoms with Gasteiger partial charge in [0.05, 0.1) is 12.8 Å². The SMILES string of the molecule is COc1ccc(C)cc1S(=O)(=O)N(CC(=O)NCc1cccnc1)c1ccc(F)cc1. The quantitative estimate of drug-likeness (QED) is 0.578. The molecule has 9 heteroatoms. The molecule has 1 amide bonds. The van der Waals surface area contributed by atoms with E-state index in [9.17, 15) is 17.6 Å². The highest BCUT2D eigenvalue weighted by molar-refractivity contribution is 7.93. The molecule has 2 aromatic carbocycles. The molecule has 162 valence electrons. The number of pyridine rings is 1. The van der Waals surface area contributed by atoms with Crippen LogP contribution >= 0.6 is 0 Å². The minimum Gasteiger partial charge on any atom is -0.495 e. The van der Waals surface area contributed by atoms with Crippen LogP contribution in [0.25, 0.3) is 0 Å². The first-order chi connectivity index (χ1) is 14.8. The van der Waals surface area contributed by atoms with E-state index in [1.807, 2.05) is 0 Å². The van der Waals surface area contributed by atoms with Gasteiger partial charge in [0, 0.05) is 18.9 Å². The van der Waals surface area contributed by atoms with Gasteiger partial charge in [-0.1, -0.05) is 12.1 Å². The van der Waals surface area contributed by atoms with Crippen molar-refractivity contribution in [1.82, 2.24) is 10.3 Å². The van der Waals surface area contributed by atoms with E-state index in [-0.39, 0.29) is 22.9 Å². The summed E-state index contributed by atoms with van der Waals surface area (Å²) in [6.45, 7) is 1.45. The smallest absolute Gasteiger partial charge is 0.268 e. The molecule has 0 aliphatic rings. The highest BCUT2D eigenvalue weighted by Gasteiger charge is 2.30. The van der Waals surface area contributed by atoms with Crippen LogP contribution in [0.2, 0.25) is 0 Å². The number of sulfonamides is 1. The van der Waals surface area contributed by atoms with Gasteiger partial charge in [-0.2, -0.15) is 0 Å². The molecule has 0 unspecified atom stereocenters. The van der Waals surface area contributed by atoms with Crippen molar-refractivity contribution in [2.24, 2.45) is 0 Å². The maximum atomic E-state index is 13.5. The van der Waals surface area contributed by atoms with Crippen molar-refractivity contribution >= 4 is 21.6 Å². The molecule has 0 spiro atoms. The summed E-state index contributed by atoms with van der Waals surface area (Å²) in [7, 11) is -2.83. The second-order valence-corrected chi connectivity index (χ2v) is 8.61. The molecular formula is C22H22FN3O4S. The van der Waals surface area contributed by atoms with Gasteiger partial charge in [0.1, 0.15) is 23.0 Å². The van der Waals surface area contributed by atoms with Crippen LogP contribution in [0.1, 0.15) is 11.1 Å². The third kappa shape index (κ3) is 5.37. The predicted molar refractivity (Wildman–Crippen MR) is 115 cm³/mol. The number of methoxy groups -OCH3 is 1. The average molecular weight is 444 g/mol. The van der Waals surface area contributed by atoms with Gasteiger partial charge in [-0.15, -0.1) is 0 Å². The summed E-state index contributed by atoms with van der Waals surface area (Å²) < 4.78 is 46.6. The van der Waals surface area contributed by atoms with Crippen LogP contribution in [0.4, 0.5) is 10.1 Å². The first-order valence-electron chi connectivity index (χ1n) is 9.40. The molecule has 0 aliphatic heterocycles. The van der Waals surface area contributed by atoms with Crippen molar-refractivity contribution in [2.75, 3.05) is 18.0 Å². The van der Waals surface area contributed by atoms with Crippen molar-refractivity contribution in [2.45, 2.75) is 18.4 Å². The van der Waals surface area contributed by atoms with Gasteiger partial charge in [-0.3, -0.25) is 14.1 Å². The summed E-state index contributed by atoms with van der Waals surface area (Å²) in [5, 5.41) is 2.68. The fourth-order valence-corrected chi connectivity index (χ4v) is 4.58. The number of nitrogens with one attached hydrogen (secondary N) is 1. The van der Waals surface area contributed by atoms with Crippen molar-refractivity contribution in [3.05, 3.63) is 83.9 Å². The third-order valence-electron chi connectivity index (χ3n) is 4.50. The fraction of sp³-hybridized carbons (Fsp3) is 0.182. The largest absolute Gasteiger partial charge is 0.495 e. The maximum absolute atomic E-state index is 13.5. The fourth-order valence-electron chi connectivity index (χ4n) is 2.92. The number of rotatable bonds is 8. The van der Waals surface area contributed by atoms with E-state index in [0.29, 0.717) is 5.56 Å². The van der Waals surface area contributed by atoms with E-state index in [4.69, 9.17) is 4.74 Å². The number of carbonyl (C=O) groups is 1. The van der Waals surface area contributed by atoms with E-state index in [1.165, 1.54) is 25.3 Å². The summed E-state index contributed by atoms with van der Waals surface area (Å²) in [5.41, 5.74) is 1.63. The zero-order valence-electron chi connectivity index (χ0n) is 17.1. The number of aryl methyl sites for hydroxylation is 1. The molecule has 1 aromatic heterocycles. The number of nitrogens with zero attached hydrogens (tertiary/aromatic N) is 2.